The molecule has 0 fully saturated rings. The molecule has 0 saturated heterocycles. The van der Waals surface area contributed by atoms with Crippen molar-refractivity contribution in [3.63, 3.8) is 0 Å². The van der Waals surface area contributed by atoms with Gasteiger partial charge in [0.1, 0.15) is 0 Å². The van der Waals surface area contributed by atoms with E-state index in [4.69, 9.17) is 0 Å². The van der Waals surface area contributed by atoms with Crippen LogP contribution < -0.4 is 10.6 Å². The van der Waals surface area contributed by atoms with Crippen molar-refractivity contribution in [3.8, 4) is 0 Å². The molecule has 0 radical (unpaired) electrons. The molecule has 3 aromatic rings. The monoisotopic (exact) mass is 329 g/mol. The van der Waals surface area contributed by atoms with E-state index in [0.717, 1.165) is 23.2 Å². The minimum absolute atomic E-state index is 0.0287. The van der Waals surface area contributed by atoms with Gasteiger partial charge in [-0.1, -0.05) is 0 Å². The van der Waals surface area contributed by atoms with Crippen molar-refractivity contribution in [3.05, 3.63) is 51.2 Å². The van der Waals surface area contributed by atoms with Gasteiger partial charge >= 0.3 is 0 Å². The maximum Gasteiger partial charge on any atom is 0.252 e. The Balaban J connectivity index is 1.51. The lowest BCUT2D eigenvalue weighted by atomic mass is 10.0. The first-order valence-electron chi connectivity index (χ1n) is 7.23. The number of carbonyl (C=O) groups is 1. The number of rotatable bonds is 3. The van der Waals surface area contributed by atoms with Gasteiger partial charge in [0.25, 0.3) is 5.91 Å². The molecule has 1 aliphatic heterocycles. The summed E-state index contributed by atoms with van der Waals surface area (Å²) in [6, 6.07) is 6.10. The first-order valence-corrected chi connectivity index (χ1v) is 8.99. The Morgan fingerprint density at radius 2 is 2.23 bits per heavy atom. The Labute approximate surface area is 136 Å². The summed E-state index contributed by atoms with van der Waals surface area (Å²) in [5, 5.41) is 10.6. The molecule has 6 heteroatoms. The van der Waals surface area contributed by atoms with Crippen LogP contribution in [0.2, 0.25) is 0 Å². The molecule has 0 saturated carbocycles. The Kier molecular flexibility index (Phi) is 3.65. The lowest BCUT2D eigenvalue weighted by Gasteiger charge is -2.24. The van der Waals surface area contributed by atoms with Gasteiger partial charge in [-0.05, 0) is 40.9 Å². The number of nitrogens with zero attached hydrogens (tertiary/aromatic N) is 1. The van der Waals surface area contributed by atoms with E-state index in [-0.39, 0.29) is 11.9 Å². The van der Waals surface area contributed by atoms with Gasteiger partial charge in [-0.2, -0.15) is 0 Å². The maximum atomic E-state index is 12.5. The molecule has 22 heavy (non-hydrogen) atoms. The number of hydrogen-bond acceptors (Lipinski definition) is 5. The zero-order valence-electron chi connectivity index (χ0n) is 11.8. The number of carbonyl (C=O) groups excluding carboxylic acids is 1. The molecule has 1 amide bonds. The number of fused-ring (bicyclic) bond motifs is 2. The average molecular weight is 329 g/mol. The molecule has 1 aliphatic rings. The third-order valence-electron chi connectivity index (χ3n) is 3.95. The normalized spacial score (nSPS) is 17.4. The molecule has 1 atom stereocenters. The molecule has 1 unspecified atom stereocenters. The Morgan fingerprint density at radius 1 is 1.32 bits per heavy atom. The van der Waals surface area contributed by atoms with Crippen LogP contribution in [0.4, 0.5) is 0 Å². The summed E-state index contributed by atoms with van der Waals surface area (Å²) in [6.45, 7) is 1.58. The highest BCUT2D eigenvalue weighted by atomic mass is 32.1. The summed E-state index contributed by atoms with van der Waals surface area (Å²) in [5.41, 5.74) is 2.92. The van der Waals surface area contributed by atoms with Crippen LogP contribution in [0, 0.1) is 0 Å². The molecule has 4 rings (SSSR count). The summed E-state index contributed by atoms with van der Waals surface area (Å²) in [7, 11) is 0. The van der Waals surface area contributed by atoms with E-state index in [0.29, 0.717) is 12.1 Å². The second kappa shape index (κ2) is 5.79. The van der Waals surface area contributed by atoms with Crippen molar-refractivity contribution in [2.24, 2.45) is 0 Å². The third-order valence-corrected chi connectivity index (χ3v) is 5.89. The molecular formula is C16H15N3OS2. The fourth-order valence-electron chi connectivity index (χ4n) is 2.86. The van der Waals surface area contributed by atoms with Crippen LogP contribution in [0.15, 0.2) is 35.2 Å². The lowest BCUT2D eigenvalue weighted by molar-refractivity contribution is 0.0951. The van der Waals surface area contributed by atoms with E-state index in [2.05, 4.69) is 27.1 Å². The molecule has 4 heterocycles. The van der Waals surface area contributed by atoms with Crippen molar-refractivity contribution >= 4 is 38.8 Å². The van der Waals surface area contributed by atoms with Crippen molar-refractivity contribution in [1.82, 2.24) is 15.6 Å². The molecule has 3 aromatic heterocycles. The number of amides is 1. The SMILES string of the molecule is O=C(NCC1NCCc2sccc21)c1ccnc2ccsc12. The first-order chi connectivity index (χ1) is 10.8. The van der Waals surface area contributed by atoms with Crippen molar-refractivity contribution in [2.75, 3.05) is 13.1 Å². The van der Waals surface area contributed by atoms with Crippen LogP contribution in [0.25, 0.3) is 10.2 Å². The second-order valence-corrected chi connectivity index (χ2v) is 7.18. The lowest BCUT2D eigenvalue weighted by Crippen LogP contribution is -2.38. The zero-order valence-corrected chi connectivity index (χ0v) is 13.5. The predicted molar refractivity (Wildman–Crippen MR) is 90.7 cm³/mol. The first kappa shape index (κ1) is 13.9. The molecule has 0 aromatic carbocycles. The summed E-state index contributed by atoms with van der Waals surface area (Å²) in [5.74, 6) is -0.0287. The van der Waals surface area contributed by atoms with E-state index < -0.39 is 0 Å². The summed E-state index contributed by atoms with van der Waals surface area (Å²) < 4.78 is 0.952. The smallest absolute Gasteiger partial charge is 0.252 e. The van der Waals surface area contributed by atoms with Crippen molar-refractivity contribution in [1.29, 1.82) is 0 Å². The van der Waals surface area contributed by atoms with Crippen LogP contribution in [0.1, 0.15) is 26.8 Å². The Bertz CT molecular complexity index is 824. The molecular weight excluding hydrogens is 314 g/mol. The fraction of sp³-hybridized carbons (Fsp3) is 0.250. The van der Waals surface area contributed by atoms with E-state index in [1.807, 2.05) is 11.4 Å². The Morgan fingerprint density at radius 3 is 3.18 bits per heavy atom. The molecule has 4 nitrogen and oxygen atoms in total. The minimum Gasteiger partial charge on any atom is -0.350 e. The quantitative estimate of drug-likeness (QED) is 0.777. The summed E-state index contributed by atoms with van der Waals surface area (Å²) in [6.07, 6.45) is 2.78. The van der Waals surface area contributed by atoms with Gasteiger partial charge in [0.05, 0.1) is 21.8 Å². The van der Waals surface area contributed by atoms with Gasteiger partial charge in [-0.25, -0.2) is 0 Å². The molecule has 0 aliphatic carbocycles. The second-order valence-electron chi connectivity index (χ2n) is 5.26. The highest BCUT2D eigenvalue weighted by Crippen LogP contribution is 2.27. The summed E-state index contributed by atoms with van der Waals surface area (Å²) >= 11 is 3.36. The van der Waals surface area contributed by atoms with Crippen LogP contribution in [-0.4, -0.2) is 24.0 Å². The van der Waals surface area contributed by atoms with E-state index in [9.17, 15) is 4.79 Å². The number of hydrogen-bond donors (Lipinski definition) is 2. The zero-order chi connectivity index (χ0) is 14.9. The predicted octanol–water partition coefficient (Wildman–Crippen LogP) is 2.97. The summed E-state index contributed by atoms with van der Waals surface area (Å²) in [4.78, 5) is 18.2. The van der Waals surface area contributed by atoms with Gasteiger partial charge < -0.3 is 10.6 Å². The van der Waals surface area contributed by atoms with Crippen LogP contribution in [0.3, 0.4) is 0 Å². The number of pyridine rings is 1. The highest BCUT2D eigenvalue weighted by Gasteiger charge is 2.21. The van der Waals surface area contributed by atoms with Crippen LogP contribution in [0.5, 0.6) is 0 Å². The van der Waals surface area contributed by atoms with E-state index >= 15 is 0 Å². The minimum atomic E-state index is -0.0287. The third kappa shape index (κ3) is 2.43. The van der Waals surface area contributed by atoms with Gasteiger partial charge in [0, 0.05) is 24.2 Å². The van der Waals surface area contributed by atoms with E-state index in [1.165, 1.54) is 10.4 Å². The largest absolute Gasteiger partial charge is 0.350 e. The molecule has 2 N–H and O–H groups in total. The van der Waals surface area contributed by atoms with Crippen LogP contribution in [-0.2, 0) is 6.42 Å². The van der Waals surface area contributed by atoms with Gasteiger partial charge in [0.15, 0.2) is 0 Å². The highest BCUT2D eigenvalue weighted by molar-refractivity contribution is 7.17. The number of aromatic nitrogens is 1. The standard InChI is InChI=1S/C16H15N3OS2/c20-16(11-1-5-17-12-4-8-22-15(11)12)19-9-13-10-3-7-21-14(10)2-6-18-13/h1,3-5,7-8,13,18H,2,6,9H2,(H,19,20). The number of nitrogens with one attached hydrogen (secondary N) is 2. The maximum absolute atomic E-state index is 12.5. The fourth-order valence-corrected chi connectivity index (χ4v) is 4.67. The molecule has 112 valence electrons. The molecule has 0 spiro atoms. The van der Waals surface area contributed by atoms with Gasteiger partial charge in [-0.15, -0.1) is 22.7 Å². The van der Waals surface area contributed by atoms with E-state index in [1.54, 1.807) is 34.9 Å². The molecule has 0 bridgehead atoms. The topological polar surface area (TPSA) is 54.0 Å². The van der Waals surface area contributed by atoms with Crippen LogP contribution >= 0.6 is 22.7 Å². The number of thiophene rings is 2. The van der Waals surface area contributed by atoms with Gasteiger partial charge in [0.2, 0.25) is 0 Å². The van der Waals surface area contributed by atoms with Crippen molar-refractivity contribution < 1.29 is 4.79 Å². The average Bonchev–Trinajstić information content (AvgIpc) is 3.20. The van der Waals surface area contributed by atoms with Gasteiger partial charge in [-0.3, -0.25) is 9.78 Å². The van der Waals surface area contributed by atoms with Crippen molar-refractivity contribution in [2.45, 2.75) is 12.5 Å². The Hall–Kier alpha value is -1.76.